The summed E-state index contributed by atoms with van der Waals surface area (Å²) < 4.78 is 0. The summed E-state index contributed by atoms with van der Waals surface area (Å²) in [6.07, 6.45) is 4.70. The smallest absolute Gasteiger partial charge is 0.234 e. The number of carbonyl (C=O) groups is 1. The molecule has 1 aliphatic heterocycles. The third-order valence-corrected chi connectivity index (χ3v) is 3.54. The molecule has 0 aromatic carbocycles. The van der Waals surface area contributed by atoms with Gasteiger partial charge in [-0.1, -0.05) is 13.3 Å². The van der Waals surface area contributed by atoms with Crippen LogP contribution in [-0.2, 0) is 4.79 Å². The van der Waals surface area contributed by atoms with Crippen molar-refractivity contribution in [1.82, 2.24) is 15.5 Å². The fraction of sp³-hybridized carbons (Fsp3) is 0.933. The largest absolute Gasteiger partial charge is 0.355 e. The van der Waals surface area contributed by atoms with Gasteiger partial charge in [0.05, 0.1) is 6.54 Å². The van der Waals surface area contributed by atoms with Gasteiger partial charge in [0.15, 0.2) is 0 Å². The molecule has 0 bridgehead atoms. The van der Waals surface area contributed by atoms with E-state index in [-0.39, 0.29) is 11.4 Å². The maximum atomic E-state index is 11.8. The lowest BCUT2D eigenvalue weighted by Crippen LogP contribution is -2.52. The lowest BCUT2D eigenvalue weighted by molar-refractivity contribution is -0.123. The molecule has 4 heteroatoms. The first-order chi connectivity index (χ1) is 8.92. The van der Waals surface area contributed by atoms with Crippen LogP contribution in [0.4, 0.5) is 0 Å². The van der Waals surface area contributed by atoms with Gasteiger partial charge < -0.3 is 10.6 Å². The second kappa shape index (κ2) is 7.85. The topological polar surface area (TPSA) is 44.4 Å². The van der Waals surface area contributed by atoms with E-state index in [9.17, 15) is 4.79 Å². The normalized spacial score (nSPS) is 21.4. The lowest BCUT2D eigenvalue weighted by atomic mass is 10.0. The van der Waals surface area contributed by atoms with Crippen LogP contribution in [0.2, 0.25) is 0 Å². The summed E-state index contributed by atoms with van der Waals surface area (Å²) in [4.78, 5) is 14.2. The van der Waals surface area contributed by atoms with Gasteiger partial charge in [-0.3, -0.25) is 9.69 Å². The third kappa shape index (κ3) is 6.92. The molecule has 0 radical (unpaired) electrons. The molecule has 0 saturated carbocycles. The van der Waals surface area contributed by atoms with Crippen LogP contribution in [-0.4, -0.2) is 48.6 Å². The van der Waals surface area contributed by atoms with E-state index in [1.807, 2.05) is 0 Å². The van der Waals surface area contributed by atoms with Crippen molar-refractivity contribution in [3.05, 3.63) is 0 Å². The summed E-state index contributed by atoms with van der Waals surface area (Å²) in [5, 5.41) is 6.54. The lowest BCUT2D eigenvalue weighted by Gasteiger charge is -2.37. The van der Waals surface area contributed by atoms with Crippen LogP contribution < -0.4 is 10.6 Å². The van der Waals surface area contributed by atoms with Crippen LogP contribution in [0.3, 0.4) is 0 Å². The van der Waals surface area contributed by atoms with Crippen molar-refractivity contribution in [2.75, 3.05) is 26.2 Å². The quantitative estimate of drug-likeness (QED) is 0.772. The Morgan fingerprint density at radius 2 is 2.05 bits per heavy atom. The van der Waals surface area contributed by atoms with E-state index in [1.54, 1.807) is 0 Å². The van der Waals surface area contributed by atoms with E-state index in [0.717, 1.165) is 26.1 Å². The molecule has 1 fully saturated rings. The fourth-order valence-electron chi connectivity index (χ4n) is 2.43. The SMILES string of the molecule is CCCNC(=O)CN1CCCCC1CNC(C)(C)C. The molecule has 0 aromatic rings. The second-order valence-corrected chi connectivity index (χ2v) is 6.60. The van der Waals surface area contributed by atoms with Crippen LogP contribution in [0.1, 0.15) is 53.4 Å². The molecule has 1 aliphatic rings. The van der Waals surface area contributed by atoms with Crippen molar-refractivity contribution in [1.29, 1.82) is 0 Å². The molecule has 19 heavy (non-hydrogen) atoms. The third-order valence-electron chi connectivity index (χ3n) is 3.54. The Kier molecular flexibility index (Phi) is 6.80. The summed E-state index contributed by atoms with van der Waals surface area (Å²) in [6.45, 7) is 12.0. The standard InChI is InChI=1S/C15H31N3O/c1-5-9-16-14(19)12-18-10-7-6-8-13(18)11-17-15(2,3)4/h13,17H,5-12H2,1-4H3,(H,16,19). The minimum atomic E-state index is 0.146. The Morgan fingerprint density at radius 1 is 1.32 bits per heavy atom. The summed E-state index contributed by atoms with van der Waals surface area (Å²) in [7, 11) is 0. The average Bonchev–Trinajstić information content (AvgIpc) is 2.34. The minimum absolute atomic E-state index is 0.146. The van der Waals surface area contributed by atoms with Crippen LogP contribution in [0.15, 0.2) is 0 Å². The summed E-state index contributed by atoms with van der Waals surface area (Å²) >= 11 is 0. The first kappa shape index (κ1) is 16.4. The van der Waals surface area contributed by atoms with E-state index >= 15 is 0 Å². The molecule has 0 aliphatic carbocycles. The molecule has 1 rings (SSSR count). The molecule has 1 heterocycles. The number of hydrogen-bond donors (Lipinski definition) is 2. The Hall–Kier alpha value is -0.610. The maximum absolute atomic E-state index is 11.8. The van der Waals surface area contributed by atoms with Crippen molar-refractivity contribution in [2.24, 2.45) is 0 Å². The van der Waals surface area contributed by atoms with Crippen LogP contribution in [0, 0.1) is 0 Å². The van der Waals surface area contributed by atoms with Crippen molar-refractivity contribution in [3.63, 3.8) is 0 Å². The van der Waals surface area contributed by atoms with E-state index < -0.39 is 0 Å². The number of rotatable bonds is 6. The molecular formula is C15H31N3O. The van der Waals surface area contributed by atoms with Gasteiger partial charge in [-0.2, -0.15) is 0 Å². The zero-order valence-corrected chi connectivity index (χ0v) is 13.1. The first-order valence-corrected chi connectivity index (χ1v) is 7.68. The highest BCUT2D eigenvalue weighted by atomic mass is 16.2. The van der Waals surface area contributed by atoms with Crippen LogP contribution in [0.25, 0.3) is 0 Å². The Bertz CT molecular complexity index is 273. The van der Waals surface area contributed by atoms with Crippen molar-refractivity contribution < 1.29 is 4.79 Å². The second-order valence-electron chi connectivity index (χ2n) is 6.60. The Morgan fingerprint density at radius 3 is 2.68 bits per heavy atom. The number of piperidine rings is 1. The van der Waals surface area contributed by atoms with Gasteiger partial charge in [-0.15, -0.1) is 0 Å². The van der Waals surface area contributed by atoms with E-state index in [4.69, 9.17) is 0 Å². The highest BCUT2D eigenvalue weighted by Crippen LogP contribution is 2.16. The highest BCUT2D eigenvalue weighted by Gasteiger charge is 2.25. The molecule has 4 nitrogen and oxygen atoms in total. The summed E-state index contributed by atoms with van der Waals surface area (Å²) in [5.74, 6) is 0.171. The van der Waals surface area contributed by atoms with Gasteiger partial charge >= 0.3 is 0 Å². The van der Waals surface area contributed by atoms with Gasteiger partial charge in [0.1, 0.15) is 0 Å². The van der Waals surface area contributed by atoms with Crippen molar-refractivity contribution in [3.8, 4) is 0 Å². The molecular weight excluding hydrogens is 238 g/mol. The molecule has 2 N–H and O–H groups in total. The number of likely N-dealkylation sites (tertiary alicyclic amines) is 1. The van der Waals surface area contributed by atoms with Crippen molar-refractivity contribution >= 4 is 5.91 Å². The summed E-state index contributed by atoms with van der Waals surface area (Å²) in [5.41, 5.74) is 0.146. The maximum Gasteiger partial charge on any atom is 0.234 e. The molecule has 1 amide bonds. The molecule has 112 valence electrons. The number of hydrogen-bond acceptors (Lipinski definition) is 3. The van der Waals surface area contributed by atoms with Gasteiger partial charge in [-0.05, 0) is 46.6 Å². The van der Waals surface area contributed by atoms with E-state index in [2.05, 4.69) is 43.2 Å². The van der Waals surface area contributed by atoms with Crippen molar-refractivity contribution in [2.45, 2.75) is 65.0 Å². The first-order valence-electron chi connectivity index (χ1n) is 7.68. The van der Waals surface area contributed by atoms with Crippen LogP contribution in [0.5, 0.6) is 0 Å². The number of nitrogens with one attached hydrogen (secondary N) is 2. The predicted molar refractivity (Wildman–Crippen MR) is 80.3 cm³/mol. The number of carbonyl (C=O) groups excluding carboxylic acids is 1. The average molecular weight is 269 g/mol. The fourth-order valence-corrected chi connectivity index (χ4v) is 2.43. The van der Waals surface area contributed by atoms with Gasteiger partial charge in [0.2, 0.25) is 5.91 Å². The molecule has 0 aromatic heterocycles. The van der Waals surface area contributed by atoms with Crippen LogP contribution >= 0.6 is 0 Å². The minimum Gasteiger partial charge on any atom is -0.355 e. The molecule has 1 saturated heterocycles. The Balaban J connectivity index is 2.41. The monoisotopic (exact) mass is 269 g/mol. The number of nitrogens with zero attached hydrogens (tertiary/aromatic N) is 1. The molecule has 0 spiro atoms. The number of amides is 1. The zero-order valence-electron chi connectivity index (χ0n) is 13.1. The highest BCUT2D eigenvalue weighted by molar-refractivity contribution is 5.78. The predicted octanol–water partition coefficient (Wildman–Crippen LogP) is 1.76. The zero-order chi connectivity index (χ0) is 14.3. The Labute approximate surface area is 118 Å². The summed E-state index contributed by atoms with van der Waals surface area (Å²) in [6, 6.07) is 0.500. The van der Waals surface area contributed by atoms with E-state index in [0.29, 0.717) is 12.6 Å². The molecule has 1 atom stereocenters. The van der Waals surface area contributed by atoms with Gasteiger partial charge in [0.25, 0.3) is 0 Å². The molecule has 1 unspecified atom stereocenters. The van der Waals surface area contributed by atoms with Gasteiger partial charge in [-0.25, -0.2) is 0 Å². The van der Waals surface area contributed by atoms with Gasteiger partial charge in [0, 0.05) is 24.7 Å². The van der Waals surface area contributed by atoms with E-state index in [1.165, 1.54) is 19.3 Å².